The van der Waals surface area contributed by atoms with Gasteiger partial charge in [-0.15, -0.1) is 0 Å². The highest BCUT2D eigenvalue weighted by Crippen LogP contribution is 2.21. The number of fused-ring (bicyclic) bond motifs is 1. The molecule has 0 aliphatic carbocycles. The molecule has 0 atom stereocenters. The summed E-state index contributed by atoms with van der Waals surface area (Å²) in [5.74, 6) is -0.432. The molecule has 3 aromatic rings. The molecule has 0 saturated heterocycles. The topological polar surface area (TPSA) is 99.2 Å². The number of aryl methyl sites for hydroxylation is 2. The summed E-state index contributed by atoms with van der Waals surface area (Å²) in [6.45, 7) is 3.41. The van der Waals surface area contributed by atoms with Crippen molar-refractivity contribution in [2.45, 2.75) is 20.5 Å². The summed E-state index contributed by atoms with van der Waals surface area (Å²) in [4.78, 5) is 16.7. The van der Waals surface area contributed by atoms with Gasteiger partial charge >= 0.3 is 0 Å². The molecule has 0 spiro atoms. The monoisotopic (exact) mass is 323 g/mol. The SMILES string of the molecule is Cc1ccccc1NC(=O)c1cc2c(CO)cnc(C)c2oc1=N. The van der Waals surface area contributed by atoms with Crippen molar-refractivity contribution in [3.63, 3.8) is 0 Å². The first-order valence-electron chi connectivity index (χ1n) is 7.46. The van der Waals surface area contributed by atoms with Gasteiger partial charge in [-0.1, -0.05) is 18.2 Å². The van der Waals surface area contributed by atoms with E-state index in [1.165, 1.54) is 0 Å². The predicted molar refractivity (Wildman–Crippen MR) is 89.7 cm³/mol. The van der Waals surface area contributed by atoms with Gasteiger partial charge in [-0.3, -0.25) is 15.2 Å². The number of aromatic nitrogens is 1. The van der Waals surface area contributed by atoms with Crippen molar-refractivity contribution in [3.05, 3.63) is 64.5 Å². The number of nitrogens with one attached hydrogen (secondary N) is 2. The standard InChI is InChI=1S/C18H17N3O3/c1-10-5-3-4-6-15(10)21-18(23)14-7-13-12(9-22)8-20-11(2)16(13)24-17(14)19/h3-8,19,22H,9H2,1-2H3,(H,21,23). The highest BCUT2D eigenvalue weighted by Gasteiger charge is 2.15. The maximum Gasteiger partial charge on any atom is 0.261 e. The van der Waals surface area contributed by atoms with E-state index in [2.05, 4.69) is 10.3 Å². The van der Waals surface area contributed by atoms with Gasteiger partial charge in [0, 0.05) is 22.8 Å². The Morgan fingerprint density at radius 1 is 1.33 bits per heavy atom. The van der Waals surface area contributed by atoms with Crippen LogP contribution in [0.2, 0.25) is 0 Å². The normalized spacial score (nSPS) is 10.8. The van der Waals surface area contributed by atoms with Crippen LogP contribution in [-0.4, -0.2) is 16.0 Å². The Hall–Kier alpha value is -2.99. The van der Waals surface area contributed by atoms with Crippen molar-refractivity contribution in [2.24, 2.45) is 0 Å². The van der Waals surface area contributed by atoms with Gasteiger partial charge in [0.1, 0.15) is 5.56 Å². The summed E-state index contributed by atoms with van der Waals surface area (Å²) in [6, 6.07) is 8.96. The molecule has 24 heavy (non-hydrogen) atoms. The minimum absolute atomic E-state index is 0.103. The molecular formula is C18H17N3O3. The predicted octanol–water partition coefficient (Wildman–Crippen LogP) is 2.67. The van der Waals surface area contributed by atoms with Gasteiger partial charge in [0.15, 0.2) is 5.58 Å². The van der Waals surface area contributed by atoms with Crippen LogP contribution in [0.3, 0.4) is 0 Å². The fraction of sp³-hybridized carbons (Fsp3) is 0.167. The largest absolute Gasteiger partial charge is 0.436 e. The Labute approximate surface area is 138 Å². The summed E-state index contributed by atoms with van der Waals surface area (Å²) in [6.07, 6.45) is 1.54. The first-order chi connectivity index (χ1) is 11.5. The second-order valence-corrected chi connectivity index (χ2v) is 5.53. The highest BCUT2D eigenvalue weighted by molar-refractivity contribution is 6.05. The first-order valence-corrected chi connectivity index (χ1v) is 7.46. The number of carbonyl (C=O) groups excluding carboxylic acids is 1. The van der Waals surface area contributed by atoms with Crippen LogP contribution >= 0.6 is 0 Å². The molecule has 2 aromatic heterocycles. The van der Waals surface area contributed by atoms with Gasteiger partial charge in [0.25, 0.3) is 5.91 Å². The molecular weight excluding hydrogens is 306 g/mol. The van der Waals surface area contributed by atoms with Crippen LogP contribution in [0.25, 0.3) is 11.0 Å². The van der Waals surface area contributed by atoms with Crippen LogP contribution in [0.15, 0.2) is 40.9 Å². The summed E-state index contributed by atoms with van der Waals surface area (Å²) in [5, 5.41) is 20.8. The van der Waals surface area contributed by atoms with Crippen LogP contribution in [-0.2, 0) is 6.61 Å². The molecule has 6 heteroatoms. The zero-order valence-electron chi connectivity index (χ0n) is 13.4. The van der Waals surface area contributed by atoms with Crippen molar-refractivity contribution in [1.82, 2.24) is 4.98 Å². The van der Waals surface area contributed by atoms with E-state index in [0.717, 1.165) is 5.56 Å². The smallest absolute Gasteiger partial charge is 0.261 e. The molecule has 0 radical (unpaired) electrons. The number of aliphatic hydroxyl groups is 1. The summed E-state index contributed by atoms with van der Waals surface area (Å²) >= 11 is 0. The van der Waals surface area contributed by atoms with Crippen molar-refractivity contribution in [2.75, 3.05) is 5.32 Å². The van der Waals surface area contributed by atoms with Gasteiger partial charge < -0.3 is 14.8 Å². The average molecular weight is 323 g/mol. The third-order valence-corrected chi connectivity index (χ3v) is 3.88. The molecule has 3 rings (SSSR count). The van der Waals surface area contributed by atoms with Crippen LogP contribution in [0, 0.1) is 19.3 Å². The first kappa shape index (κ1) is 15.9. The molecule has 0 bridgehead atoms. The molecule has 3 N–H and O–H groups in total. The molecule has 122 valence electrons. The van der Waals surface area contributed by atoms with Gasteiger partial charge in [-0.05, 0) is 31.5 Å². The van der Waals surface area contributed by atoms with Crippen molar-refractivity contribution < 1.29 is 14.3 Å². The second-order valence-electron chi connectivity index (χ2n) is 5.53. The Bertz CT molecular complexity index is 992. The number of pyridine rings is 1. The van der Waals surface area contributed by atoms with E-state index in [1.54, 1.807) is 25.3 Å². The fourth-order valence-electron chi connectivity index (χ4n) is 2.50. The van der Waals surface area contributed by atoms with Crippen LogP contribution in [0.5, 0.6) is 0 Å². The number of hydrogen-bond donors (Lipinski definition) is 3. The number of benzene rings is 1. The van der Waals surface area contributed by atoms with E-state index in [0.29, 0.717) is 27.9 Å². The number of nitrogens with zero attached hydrogens (tertiary/aromatic N) is 1. The number of amides is 1. The quantitative estimate of drug-likeness (QED) is 0.690. The molecule has 0 aliphatic heterocycles. The van der Waals surface area contributed by atoms with E-state index >= 15 is 0 Å². The minimum Gasteiger partial charge on any atom is -0.436 e. The number of hydrogen-bond acceptors (Lipinski definition) is 5. The molecule has 1 aromatic carbocycles. The van der Waals surface area contributed by atoms with Gasteiger partial charge in [0.05, 0.1) is 12.3 Å². The lowest BCUT2D eigenvalue weighted by atomic mass is 10.1. The maximum absolute atomic E-state index is 12.5. The Morgan fingerprint density at radius 3 is 2.79 bits per heavy atom. The van der Waals surface area contributed by atoms with E-state index in [4.69, 9.17) is 9.83 Å². The Morgan fingerprint density at radius 2 is 2.08 bits per heavy atom. The molecule has 0 fully saturated rings. The number of para-hydroxylation sites is 1. The van der Waals surface area contributed by atoms with Gasteiger partial charge in [-0.25, -0.2) is 0 Å². The molecule has 0 unspecified atom stereocenters. The Balaban J connectivity index is 2.09. The van der Waals surface area contributed by atoms with E-state index in [-0.39, 0.29) is 17.7 Å². The molecule has 1 amide bonds. The van der Waals surface area contributed by atoms with E-state index < -0.39 is 5.91 Å². The van der Waals surface area contributed by atoms with Gasteiger partial charge in [-0.2, -0.15) is 0 Å². The van der Waals surface area contributed by atoms with Gasteiger partial charge in [0.2, 0.25) is 5.55 Å². The average Bonchev–Trinajstić information content (AvgIpc) is 2.57. The van der Waals surface area contributed by atoms with E-state index in [9.17, 15) is 9.90 Å². The lowest BCUT2D eigenvalue weighted by Gasteiger charge is -2.10. The highest BCUT2D eigenvalue weighted by atomic mass is 16.3. The lowest BCUT2D eigenvalue weighted by molar-refractivity contribution is 0.102. The maximum atomic E-state index is 12.5. The second kappa shape index (κ2) is 6.25. The molecule has 6 nitrogen and oxygen atoms in total. The minimum atomic E-state index is -0.432. The fourth-order valence-corrected chi connectivity index (χ4v) is 2.50. The van der Waals surface area contributed by atoms with Crippen LogP contribution in [0.1, 0.15) is 27.2 Å². The lowest BCUT2D eigenvalue weighted by Crippen LogP contribution is -2.21. The summed E-state index contributed by atoms with van der Waals surface area (Å²) in [7, 11) is 0. The van der Waals surface area contributed by atoms with Crippen molar-refractivity contribution in [3.8, 4) is 0 Å². The third kappa shape index (κ3) is 2.79. The zero-order valence-corrected chi connectivity index (χ0v) is 13.4. The summed E-state index contributed by atoms with van der Waals surface area (Å²) in [5.41, 5.74) is 3.01. The number of anilines is 1. The van der Waals surface area contributed by atoms with Crippen LogP contribution in [0.4, 0.5) is 5.69 Å². The van der Waals surface area contributed by atoms with Crippen molar-refractivity contribution in [1.29, 1.82) is 5.41 Å². The molecule has 0 aliphatic rings. The molecule has 2 heterocycles. The molecule has 0 saturated carbocycles. The van der Waals surface area contributed by atoms with Crippen molar-refractivity contribution >= 4 is 22.6 Å². The summed E-state index contributed by atoms with van der Waals surface area (Å²) < 4.78 is 5.49. The van der Waals surface area contributed by atoms with E-state index in [1.807, 2.05) is 25.1 Å². The zero-order chi connectivity index (χ0) is 17.3. The third-order valence-electron chi connectivity index (χ3n) is 3.88. The number of aliphatic hydroxyl groups excluding tert-OH is 1. The number of carbonyl (C=O) groups is 1. The number of rotatable bonds is 3. The Kier molecular flexibility index (Phi) is 4.14. The van der Waals surface area contributed by atoms with Crippen LogP contribution < -0.4 is 10.9 Å².